The third-order valence-electron chi connectivity index (χ3n) is 3.70. The van der Waals surface area contributed by atoms with Crippen LogP contribution in [0.2, 0.25) is 0 Å². The van der Waals surface area contributed by atoms with Gasteiger partial charge in [-0.25, -0.2) is 0 Å². The van der Waals surface area contributed by atoms with Gasteiger partial charge in [0.15, 0.2) is 0 Å². The summed E-state index contributed by atoms with van der Waals surface area (Å²) in [4.78, 5) is 23.5. The first-order valence-electron chi connectivity index (χ1n) is 6.30. The first kappa shape index (κ1) is 12.9. The lowest BCUT2D eigenvalue weighted by molar-refractivity contribution is -0.148. The number of carbonyl (C=O) groups excluding carboxylic acids is 2. The van der Waals surface area contributed by atoms with Gasteiger partial charge in [-0.2, -0.15) is 0 Å². The number of rotatable bonds is 2. The van der Waals surface area contributed by atoms with Crippen LogP contribution in [0.4, 0.5) is 0 Å². The number of carbonyl (C=O) groups is 2. The molecular weight excluding hydrogens is 235 g/mol. The summed E-state index contributed by atoms with van der Waals surface area (Å²) in [5, 5.41) is 0. The van der Waals surface area contributed by atoms with Gasteiger partial charge in [-0.1, -0.05) is 13.8 Å². The lowest BCUT2D eigenvalue weighted by Gasteiger charge is -2.32. The van der Waals surface area contributed by atoms with Crippen molar-refractivity contribution in [3.05, 3.63) is 0 Å². The zero-order chi connectivity index (χ0) is 12.4. The standard InChI is InChI=1S/C12H20O4.Al/c1-7(2)5-8-3-4-9(11(13)14)10(6-8)12(15)16;/h7-10H,3-6H2,1-2H3,(H,13,14)(H,15,16);/q;+2/p-2. The van der Waals surface area contributed by atoms with E-state index in [-0.39, 0.29) is 23.8 Å². The van der Waals surface area contributed by atoms with Crippen LogP contribution in [0.15, 0.2) is 0 Å². The molecule has 3 unspecified atom stereocenters. The molecule has 0 N–H and O–H groups in total. The Morgan fingerprint density at radius 3 is 2.47 bits per heavy atom. The molecule has 0 aromatic carbocycles. The van der Waals surface area contributed by atoms with E-state index in [9.17, 15) is 9.59 Å². The minimum Gasteiger partial charge on any atom is -0.589 e. The predicted molar refractivity (Wildman–Crippen MR) is 61.7 cm³/mol. The zero-order valence-corrected chi connectivity index (χ0v) is 11.5. The lowest BCUT2D eigenvalue weighted by atomic mass is 9.72. The van der Waals surface area contributed by atoms with Crippen LogP contribution in [0, 0.1) is 23.7 Å². The highest BCUT2D eigenvalue weighted by Gasteiger charge is 2.43. The highest BCUT2D eigenvalue weighted by molar-refractivity contribution is 6.27. The Bertz CT molecular complexity index is 316. The van der Waals surface area contributed by atoms with Crippen LogP contribution < -0.4 is 0 Å². The average molecular weight is 253 g/mol. The smallest absolute Gasteiger partial charge is 0.589 e. The first-order chi connectivity index (χ1) is 8.08. The van der Waals surface area contributed by atoms with Crippen molar-refractivity contribution >= 4 is 27.8 Å². The molecule has 4 nitrogen and oxygen atoms in total. The molecule has 1 aliphatic heterocycles. The molecule has 0 bridgehead atoms. The van der Waals surface area contributed by atoms with Crippen molar-refractivity contribution in [2.24, 2.45) is 23.7 Å². The van der Waals surface area contributed by atoms with E-state index < -0.39 is 15.9 Å². The molecule has 0 spiro atoms. The van der Waals surface area contributed by atoms with E-state index in [0.29, 0.717) is 11.8 Å². The Labute approximate surface area is 108 Å². The minimum absolute atomic E-state index is 0.218. The molecule has 2 aliphatic rings. The molecule has 1 saturated heterocycles. The van der Waals surface area contributed by atoms with Crippen molar-refractivity contribution in [3.8, 4) is 0 Å². The normalized spacial score (nSPS) is 33.2. The topological polar surface area (TPSA) is 52.6 Å². The largest absolute Gasteiger partial charge is 0.885 e. The quantitative estimate of drug-likeness (QED) is 0.703. The summed E-state index contributed by atoms with van der Waals surface area (Å²) < 4.78 is 9.96. The second kappa shape index (κ2) is 5.41. The Balaban J connectivity index is 2.05. The fraction of sp³-hybridized carbons (Fsp3) is 0.833. The maximum atomic E-state index is 11.8. The van der Waals surface area contributed by atoms with Crippen molar-refractivity contribution < 1.29 is 17.2 Å². The molecule has 1 aliphatic carbocycles. The molecule has 93 valence electrons. The van der Waals surface area contributed by atoms with Gasteiger partial charge < -0.3 is 7.58 Å². The summed E-state index contributed by atoms with van der Waals surface area (Å²) in [6, 6.07) is 0. The highest BCUT2D eigenvalue weighted by Crippen LogP contribution is 2.39. The summed E-state index contributed by atoms with van der Waals surface area (Å²) in [6.07, 6.45) is 3.71. The molecule has 0 amide bonds. The summed E-state index contributed by atoms with van der Waals surface area (Å²) >= 11 is -0.932. The molecule has 3 atom stereocenters. The molecule has 1 saturated carbocycles. The van der Waals surface area contributed by atoms with Crippen molar-refractivity contribution in [2.45, 2.75) is 39.5 Å². The second-order valence-corrected chi connectivity index (χ2v) is 6.16. The molecule has 1 heterocycles. The summed E-state index contributed by atoms with van der Waals surface area (Å²) in [7, 11) is 0. The number of hydrogen-bond acceptors (Lipinski definition) is 4. The van der Waals surface area contributed by atoms with E-state index in [1.165, 1.54) is 0 Å². The molecule has 2 rings (SSSR count). The molecule has 0 aromatic heterocycles. The number of fused-ring (bicyclic) bond motifs is 1. The number of hydrogen-bond donors (Lipinski definition) is 0. The Morgan fingerprint density at radius 1 is 1.18 bits per heavy atom. The highest BCUT2D eigenvalue weighted by atomic mass is 27.2. The van der Waals surface area contributed by atoms with E-state index in [4.69, 9.17) is 7.58 Å². The van der Waals surface area contributed by atoms with Crippen molar-refractivity contribution in [1.29, 1.82) is 0 Å². The van der Waals surface area contributed by atoms with E-state index >= 15 is 0 Å². The van der Waals surface area contributed by atoms with Gasteiger partial charge in [0, 0.05) is 0 Å². The fourth-order valence-electron chi connectivity index (χ4n) is 2.97. The summed E-state index contributed by atoms with van der Waals surface area (Å²) in [5.74, 6) is 0.236. The molecule has 5 heteroatoms. The predicted octanol–water partition coefficient (Wildman–Crippen LogP) is 1.70. The van der Waals surface area contributed by atoms with E-state index in [1.54, 1.807) is 0 Å². The summed E-state index contributed by atoms with van der Waals surface area (Å²) in [5.41, 5.74) is 0. The third-order valence-corrected chi connectivity index (χ3v) is 4.35. The van der Waals surface area contributed by atoms with Crippen LogP contribution in [-0.4, -0.2) is 27.8 Å². The van der Waals surface area contributed by atoms with Gasteiger partial charge in [0.1, 0.15) is 0 Å². The van der Waals surface area contributed by atoms with E-state index in [0.717, 1.165) is 25.7 Å². The van der Waals surface area contributed by atoms with E-state index in [1.807, 2.05) is 0 Å². The van der Waals surface area contributed by atoms with Crippen LogP contribution >= 0.6 is 0 Å². The van der Waals surface area contributed by atoms with Gasteiger partial charge in [-0.05, 0) is 37.5 Å². The Kier molecular flexibility index (Phi) is 4.11. The SMILES string of the molecule is CC(C)CC1CCC2C(=O)[O][Al][O]C(=O)C2C1. The van der Waals surface area contributed by atoms with Crippen LogP contribution in [0.3, 0.4) is 0 Å². The molecular formula is C12H18AlO4. The first-order valence-corrected chi connectivity index (χ1v) is 7.25. The lowest BCUT2D eigenvalue weighted by Crippen LogP contribution is -2.34. The minimum atomic E-state index is -0.932. The van der Waals surface area contributed by atoms with E-state index in [2.05, 4.69) is 13.8 Å². The van der Waals surface area contributed by atoms with Gasteiger partial charge >= 0.3 is 15.9 Å². The monoisotopic (exact) mass is 253 g/mol. The third kappa shape index (κ3) is 3.02. The Morgan fingerprint density at radius 2 is 1.82 bits per heavy atom. The van der Waals surface area contributed by atoms with Crippen LogP contribution in [0.25, 0.3) is 0 Å². The maximum absolute atomic E-state index is 11.8. The molecule has 0 aromatic rings. The van der Waals surface area contributed by atoms with Crippen LogP contribution in [-0.2, 0) is 17.2 Å². The molecule has 17 heavy (non-hydrogen) atoms. The summed E-state index contributed by atoms with van der Waals surface area (Å²) in [6.45, 7) is 4.38. The van der Waals surface area contributed by atoms with Crippen molar-refractivity contribution in [1.82, 2.24) is 0 Å². The van der Waals surface area contributed by atoms with Gasteiger partial charge in [0.25, 0.3) is 11.9 Å². The van der Waals surface area contributed by atoms with Gasteiger partial charge in [-0.3, -0.25) is 9.59 Å². The van der Waals surface area contributed by atoms with Gasteiger partial charge in [0.05, 0.1) is 11.8 Å². The zero-order valence-electron chi connectivity index (χ0n) is 10.3. The molecule has 1 radical (unpaired) electrons. The van der Waals surface area contributed by atoms with Crippen LogP contribution in [0.1, 0.15) is 39.5 Å². The van der Waals surface area contributed by atoms with Crippen LogP contribution in [0.5, 0.6) is 0 Å². The average Bonchev–Trinajstić information content (AvgIpc) is 2.39. The van der Waals surface area contributed by atoms with Crippen molar-refractivity contribution in [3.63, 3.8) is 0 Å². The van der Waals surface area contributed by atoms with Gasteiger partial charge in [0.2, 0.25) is 0 Å². The fourth-order valence-corrected chi connectivity index (χ4v) is 3.56. The maximum Gasteiger partial charge on any atom is 0.885 e. The van der Waals surface area contributed by atoms with Crippen molar-refractivity contribution in [2.75, 3.05) is 0 Å². The molecule has 2 fully saturated rings. The Hall–Kier alpha value is -0.528. The second-order valence-electron chi connectivity index (χ2n) is 5.49. The van der Waals surface area contributed by atoms with Gasteiger partial charge in [-0.15, -0.1) is 0 Å².